The van der Waals surface area contributed by atoms with Gasteiger partial charge in [0, 0.05) is 11.6 Å². The molecule has 3 rings (SSSR count). The molecule has 0 saturated carbocycles. The Labute approximate surface area is 171 Å². The maximum Gasteiger partial charge on any atom is 0.277 e. The third-order valence-electron chi connectivity index (χ3n) is 3.64. The molecule has 1 amide bonds. The van der Waals surface area contributed by atoms with Crippen LogP contribution in [-0.2, 0) is 4.79 Å². The number of anilines is 1. The van der Waals surface area contributed by atoms with Crippen LogP contribution in [0.4, 0.5) is 10.1 Å². The van der Waals surface area contributed by atoms with Gasteiger partial charge in [-0.05, 0) is 44.2 Å². The molecule has 1 aromatic heterocycles. The molecule has 0 aliphatic carbocycles. The Hall–Kier alpha value is -3.07. The summed E-state index contributed by atoms with van der Waals surface area (Å²) in [7, 11) is 0. The number of amides is 1. The number of rotatable bonds is 9. The zero-order valence-corrected chi connectivity index (χ0v) is 16.8. The van der Waals surface area contributed by atoms with Crippen LogP contribution in [0.15, 0.2) is 52.1 Å². The molecule has 3 aromatic rings. The second kappa shape index (κ2) is 9.92. The molecule has 152 valence electrons. The van der Waals surface area contributed by atoms with Crippen molar-refractivity contribution in [2.24, 2.45) is 0 Å². The van der Waals surface area contributed by atoms with Crippen molar-refractivity contribution >= 4 is 23.4 Å². The topological polar surface area (TPSA) is 86.5 Å². The first kappa shape index (κ1) is 20.7. The number of nitrogens with one attached hydrogen (secondary N) is 1. The van der Waals surface area contributed by atoms with Crippen LogP contribution in [0.3, 0.4) is 0 Å². The Kier molecular flexibility index (Phi) is 7.07. The van der Waals surface area contributed by atoms with Gasteiger partial charge in [0.1, 0.15) is 17.3 Å². The van der Waals surface area contributed by atoms with E-state index in [9.17, 15) is 9.18 Å². The van der Waals surface area contributed by atoms with Crippen molar-refractivity contribution in [1.29, 1.82) is 0 Å². The van der Waals surface area contributed by atoms with Gasteiger partial charge in [0.2, 0.25) is 11.8 Å². The highest BCUT2D eigenvalue weighted by molar-refractivity contribution is 7.99. The van der Waals surface area contributed by atoms with Crippen LogP contribution in [0.1, 0.15) is 13.8 Å². The second-order valence-corrected chi connectivity index (χ2v) is 6.67. The molecular formula is C20H20FN3O4S. The molecule has 1 N–H and O–H groups in total. The van der Waals surface area contributed by atoms with Crippen molar-refractivity contribution in [1.82, 2.24) is 10.2 Å². The Morgan fingerprint density at radius 3 is 2.72 bits per heavy atom. The number of ether oxygens (including phenoxy) is 2. The lowest BCUT2D eigenvalue weighted by Crippen LogP contribution is -2.15. The van der Waals surface area contributed by atoms with E-state index in [1.165, 1.54) is 12.1 Å². The summed E-state index contributed by atoms with van der Waals surface area (Å²) < 4.78 is 29.8. The van der Waals surface area contributed by atoms with Gasteiger partial charge in [-0.25, -0.2) is 4.39 Å². The number of benzene rings is 2. The molecule has 0 fully saturated rings. The number of nitrogens with zero attached hydrogens (tertiary/aromatic N) is 2. The zero-order valence-electron chi connectivity index (χ0n) is 16.0. The van der Waals surface area contributed by atoms with Gasteiger partial charge in [-0.15, -0.1) is 10.2 Å². The quantitative estimate of drug-likeness (QED) is 0.516. The molecular weight excluding hydrogens is 397 g/mol. The number of hydrogen-bond donors (Lipinski definition) is 1. The molecule has 1 heterocycles. The third-order valence-corrected chi connectivity index (χ3v) is 4.46. The average molecular weight is 417 g/mol. The number of carbonyl (C=O) groups is 1. The van der Waals surface area contributed by atoms with Crippen molar-refractivity contribution < 1.29 is 23.1 Å². The fourth-order valence-electron chi connectivity index (χ4n) is 2.46. The van der Waals surface area contributed by atoms with Crippen molar-refractivity contribution in [2.45, 2.75) is 19.1 Å². The second-order valence-electron chi connectivity index (χ2n) is 5.74. The summed E-state index contributed by atoms with van der Waals surface area (Å²) in [5, 5.41) is 10.8. The van der Waals surface area contributed by atoms with Crippen LogP contribution in [0.5, 0.6) is 11.5 Å². The van der Waals surface area contributed by atoms with Gasteiger partial charge in [-0.3, -0.25) is 4.79 Å². The normalized spacial score (nSPS) is 10.6. The maximum absolute atomic E-state index is 13.3. The fraction of sp³-hybridized carbons (Fsp3) is 0.250. The standard InChI is InChI=1S/C20H20FN3O4S/c1-3-26-15-8-9-17(27-4-2)16(11-15)22-18(25)12-29-20-24-23-19(28-20)13-6-5-7-14(21)10-13/h5-11H,3-4,12H2,1-2H3,(H,22,25). The minimum atomic E-state index is -0.395. The smallest absolute Gasteiger partial charge is 0.277 e. The molecule has 0 aliphatic heterocycles. The Morgan fingerprint density at radius 2 is 1.97 bits per heavy atom. The number of thioether (sulfide) groups is 1. The van der Waals surface area contributed by atoms with E-state index in [-0.39, 0.29) is 22.8 Å². The largest absolute Gasteiger partial charge is 0.494 e. The van der Waals surface area contributed by atoms with Crippen molar-refractivity contribution in [3.8, 4) is 23.0 Å². The summed E-state index contributed by atoms with van der Waals surface area (Å²) in [6.45, 7) is 4.73. The van der Waals surface area contributed by atoms with E-state index < -0.39 is 5.82 Å². The van der Waals surface area contributed by atoms with Crippen LogP contribution in [-0.4, -0.2) is 35.1 Å². The lowest BCUT2D eigenvalue weighted by Gasteiger charge is -2.13. The monoisotopic (exact) mass is 417 g/mol. The van der Waals surface area contributed by atoms with Crippen LogP contribution in [0.2, 0.25) is 0 Å². The number of hydrogen-bond acceptors (Lipinski definition) is 7. The molecule has 0 bridgehead atoms. The van der Waals surface area contributed by atoms with Gasteiger partial charge in [0.25, 0.3) is 5.22 Å². The summed E-state index contributed by atoms with van der Waals surface area (Å²) in [5.74, 6) is 0.769. The predicted molar refractivity (Wildman–Crippen MR) is 108 cm³/mol. The van der Waals surface area contributed by atoms with E-state index in [1.807, 2.05) is 13.8 Å². The van der Waals surface area contributed by atoms with Crippen molar-refractivity contribution in [3.05, 3.63) is 48.3 Å². The molecule has 0 radical (unpaired) electrons. The average Bonchev–Trinajstić information content (AvgIpc) is 3.18. The first-order valence-electron chi connectivity index (χ1n) is 9.00. The molecule has 0 spiro atoms. The van der Waals surface area contributed by atoms with Crippen molar-refractivity contribution in [3.63, 3.8) is 0 Å². The predicted octanol–water partition coefficient (Wildman–Crippen LogP) is 4.40. The SMILES string of the molecule is CCOc1ccc(OCC)c(NC(=O)CSc2nnc(-c3cccc(F)c3)o2)c1. The van der Waals surface area contributed by atoms with Gasteiger partial charge in [0.05, 0.1) is 24.7 Å². The van der Waals surface area contributed by atoms with Gasteiger partial charge in [0.15, 0.2) is 0 Å². The Balaban J connectivity index is 1.62. The molecule has 0 unspecified atom stereocenters. The lowest BCUT2D eigenvalue weighted by atomic mass is 10.2. The summed E-state index contributed by atoms with van der Waals surface area (Å²) in [6.07, 6.45) is 0. The summed E-state index contributed by atoms with van der Waals surface area (Å²) >= 11 is 1.08. The van der Waals surface area contributed by atoms with Crippen LogP contribution in [0.25, 0.3) is 11.5 Å². The van der Waals surface area contributed by atoms with Crippen molar-refractivity contribution in [2.75, 3.05) is 24.3 Å². The Morgan fingerprint density at radius 1 is 1.14 bits per heavy atom. The summed E-state index contributed by atoms with van der Waals surface area (Å²) in [4.78, 5) is 12.4. The molecule has 9 heteroatoms. The van der Waals surface area contributed by atoms with Crippen LogP contribution in [0, 0.1) is 5.82 Å². The molecule has 7 nitrogen and oxygen atoms in total. The van der Waals surface area contributed by atoms with Crippen LogP contribution >= 0.6 is 11.8 Å². The minimum Gasteiger partial charge on any atom is -0.494 e. The summed E-state index contributed by atoms with van der Waals surface area (Å²) in [6, 6.07) is 11.1. The molecule has 2 aromatic carbocycles. The van der Waals surface area contributed by atoms with Gasteiger partial charge >= 0.3 is 0 Å². The number of carbonyl (C=O) groups excluding carboxylic acids is 1. The van der Waals surface area contributed by atoms with Gasteiger partial charge in [-0.1, -0.05) is 17.8 Å². The highest BCUT2D eigenvalue weighted by atomic mass is 32.2. The maximum atomic E-state index is 13.3. The number of halogens is 1. The molecule has 0 atom stereocenters. The van der Waals surface area contributed by atoms with Gasteiger partial charge in [-0.2, -0.15) is 0 Å². The highest BCUT2D eigenvalue weighted by Gasteiger charge is 2.14. The first-order chi connectivity index (χ1) is 14.1. The van der Waals surface area contributed by atoms with Crippen LogP contribution < -0.4 is 14.8 Å². The van der Waals surface area contributed by atoms with E-state index in [4.69, 9.17) is 13.9 Å². The fourth-order valence-corrected chi connectivity index (χ4v) is 3.03. The molecule has 29 heavy (non-hydrogen) atoms. The third kappa shape index (κ3) is 5.71. The number of aromatic nitrogens is 2. The van der Waals surface area contributed by atoms with E-state index in [0.29, 0.717) is 36.0 Å². The van der Waals surface area contributed by atoms with E-state index >= 15 is 0 Å². The van der Waals surface area contributed by atoms with E-state index in [2.05, 4.69) is 15.5 Å². The highest BCUT2D eigenvalue weighted by Crippen LogP contribution is 2.30. The lowest BCUT2D eigenvalue weighted by molar-refractivity contribution is -0.113. The molecule has 0 saturated heterocycles. The summed E-state index contributed by atoms with van der Waals surface area (Å²) in [5.41, 5.74) is 0.997. The van der Waals surface area contributed by atoms with E-state index in [1.54, 1.807) is 30.3 Å². The first-order valence-corrected chi connectivity index (χ1v) is 9.99. The van der Waals surface area contributed by atoms with Gasteiger partial charge < -0.3 is 19.2 Å². The Bertz CT molecular complexity index is 980. The zero-order chi connectivity index (χ0) is 20.6. The van der Waals surface area contributed by atoms with E-state index in [0.717, 1.165) is 11.8 Å². The molecule has 0 aliphatic rings. The minimum absolute atomic E-state index is 0.0508.